The van der Waals surface area contributed by atoms with E-state index >= 15 is 0 Å². The topological polar surface area (TPSA) is 89.7 Å². The predicted molar refractivity (Wildman–Crippen MR) is 138 cm³/mol. The van der Waals surface area contributed by atoms with E-state index in [-0.39, 0.29) is 5.75 Å². The number of ether oxygens (including phenoxy) is 1. The fourth-order valence-electron chi connectivity index (χ4n) is 3.93. The molecule has 6 nitrogen and oxygen atoms in total. The zero-order valence-corrected chi connectivity index (χ0v) is 21.2. The molecular formula is C25H25ClN2O4S2. The van der Waals surface area contributed by atoms with Gasteiger partial charge < -0.3 is 15.4 Å². The van der Waals surface area contributed by atoms with Crippen molar-refractivity contribution in [2.24, 2.45) is 5.73 Å². The summed E-state index contributed by atoms with van der Waals surface area (Å²) in [6, 6.07) is 14.9. The molecule has 2 N–H and O–H groups in total. The van der Waals surface area contributed by atoms with Gasteiger partial charge in [0.2, 0.25) is 0 Å². The van der Waals surface area contributed by atoms with Crippen molar-refractivity contribution in [3.8, 4) is 5.75 Å². The van der Waals surface area contributed by atoms with Gasteiger partial charge in [-0.1, -0.05) is 48.0 Å². The average molecular weight is 517 g/mol. The maximum absolute atomic E-state index is 12.3. The first-order chi connectivity index (χ1) is 16.1. The number of amides is 1. The Morgan fingerprint density at radius 3 is 2.71 bits per heavy atom. The quantitative estimate of drug-likeness (QED) is 0.429. The second kappa shape index (κ2) is 9.82. The van der Waals surface area contributed by atoms with E-state index in [0.29, 0.717) is 21.2 Å². The van der Waals surface area contributed by atoms with E-state index in [0.717, 1.165) is 34.7 Å². The largest absolute Gasteiger partial charge is 0.484 e. The molecule has 0 saturated carbocycles. The summed E-state index contributed by atoms with van der Waals surface area (Å²) in [7, 11) is -3.18. The van der Waals surface area contributed by atoms with Gasteiger partial charge in [0.25, 0.3) is 5.91 Å². The summed E-state index contributed by atoms with van der Waals surface area (Å²) < 4.78 is 29.9. The first kappa shape index (κ1) is 24.3. The number of rotatable bonds is 7. The minimum absolute atomic E-state index is 0.0431. The molecule has 1 aliphatic rings. The van der Waals surface area contributed by atoms with Crippen molar-refractivity contribution in [3.63, 3.8) is 0 Å². The van der Waals surface area contributed by atoms with Gasteiger partial charge in [0.15, 0.2) is 9.84 Å². The summed E-state index contributed by atoms with van der Waals surface area (Å²) in [4.78, 5) is 14.5. The molecule has 34 heavy (non-hydrogen) atoms. The Bertz CT molecular complexity index is 1360. The van der Waals surface area contributed by atoms with Crippen molar-refractivity contribution in [2.75, 3.05) is 11.2 Å². The van der Waals surface area contributed by atoms with Gasteiger partial charge in [0.05, 0.1) is 5.75 Å². The molecule has 0 radical (unpaired) electrons. The number of anilines is 2. The highest BCUT2D eigenvalue weighted by Gasteiger charge is 2.24. The molecule has 0 saturated heterocycles. The normalized spacial score (nSPS) is 14.4. The van der Waals surface area contributed by atoms with Crippen molar-refractivity contribution in [2.45, 2.75) is 31.6 Å². The molecule has 1 atom stereocenters. The van der Waals surface area contributed by atoms with Gasteiger partial charge in [-0.3, -0.25) is 4.79 Å². The second-order valence-electron chi connectivity index (χ2n) is 8.25. The van der Waals surface area contributed by atoms with Crippen molar-refractivity contribution in [1.29, 1.82) is 0 Å². The number of halogens is 1. The lowest BCUT2D eigenvalue weighted by Crippen LogP contribution is -2.12. The highest BCUT2D eigenvalue weighted by molar-refractivity contribution is 7.89. The van der Waals surface area contributed by atoms with Gasteiger partial charge in [-0.15, -0.1) is 11.3 Å². The van der Waals surface area contributed by atoms with Crippen LogP contribution < -0.4 is 15.4 Å². The minimum Gasteiger partial charge on any atom is -0.484 e. The molecule has 0 bridgehead atoms. The smallest absolute Gasteiger partial charge is 0.262 e. The Balaban J connectivity index is 1.73. The second-order valence-corrected chi connectivity index (χ2v) is 11.8. The van der Waals surface area contributed by atoms with Crippen LogP contribution in [0.5, 0.6) is 5.75 Å². The molecule has 0 fully saturated rings. The molecule has 0 aliphatic carbocycles. The van der Waals surface area contributed by atoms with E-state index in [1.54, 1.807) is 12.1 Å². The van der Waals surface area contributed by atoms with Crippen LogP contribution in [0.1, 0.15) is 45.8 Å². The summed E-state index contributed by atoms with van der Waals surface area (Å²) >= 11 is 7.55. The average Bonchev–Trinajstić information content (AvgIpc) is 3.06. The van der Waals surface area contributed by atoms with Crippen LogP contribution in [0, 0.1) is 0 Å². The van der Waals surface area contributed by atoms with Crippen molar-refractivity contribution >= 4 is 49.4 Å². The third-order valence-electron chi connectivity index (χ3n) is 5.47. The molecule has 1 aliphatic heterocycles. The number of nitrogens with two attached hydrogens (primary N) is 1. The third kappa shape index (κ3) is 5.46. The number of aryl methyl sites for hydroxylation is 1. The Morgan fingerprint density at radius 1 is 1.24 bits per heavy atom. The zero-order valence-electron chi connectivity index (χ0n) is 18.8. The first-order valence-corrected chi connectivity index (χ1v) is 14.0. The third-order valence-corrected chi connectivity index (χ3v) is 7.80. The van der Waals surface area contributed by atoms with Crippen molar-refractivity contribution < 1.29 is 17.9 Å². The number of thiophene rings is 1. The Morgan fingerprint density at radius 2 is 2.00 bits per heavy atom. The van der Waals surface area contributed by atoms with Gasteiger partial charge in [0.1, 0.15) is 21.7 Å². The molecule has 2 heterocycles. The number of benzene rings is 2. The maximum Gasteiger partial charge on any atom is 0.262 e. The molecule has 1 aromatic heterocycles. The van der Waals surface area contributed by atoms with Crippen LogP contribution in [-0.2, 0) is 22.0 Å². The molecule has 9 heteroatoms. The van der Waals surface area contributed by atoms with Gasteiger partial charge in [-0.2, -0.15) is 0 Å². The lowest BCUT2D eigenvalue weighted by Gasteiger charge is -2.21. The van der Waals surface area contributed by atoms with Crippen LogP contribution in [0.25, 0.3) is 0 Å². The first-order valence-electron chi connectivity index (χ1n) is 10.7. The highest BCUT2D eigenvalue weighted by Crippen LogP contribution is 2.43. The molecule has 1 amide bonds. The van der Waals surface area contributed by atoms with Crippen LogP contribution in [0.2, 0.25) is 5.02 Å². The molecular weight excluding hydrogens is 492 g/mol. The number of nitrogens with zero attached hydrogens (tertiary/aromatic N) is 1. The van der Waals surface area contributed by atoms with E-state index < -0.39 is 21.8 Å². The van der Waals surface area contributed by atoms with E-state index in [9.17, 15) is 13.2 Å². The van der Waals surface area contributed by atoms with Crippen LogP contribution in [0.4, 0.5) is 10.7 Å². The van der Waals surface area contributed by atoms with Crippen LogP contribution in [0.15, 0.2) is 60.8 Å². The number of allylic oxidation sites excluding steroid dienone is 1. The molecule has 178 valence electrons. The monoisotopic (exact) mass is 516 g/mol. The van der Waals surface area contributed by atoms with Gasteiger partial charge in [-0.05, 0) is 43.0 Å². The minimum atomic E-state index is -3.18. The lowest BCUT2D eigenvalue weighted by molar-refractivity contribution is 0.0998. The zero-order chi connectivity index (χ0) is 24.5. The van der Waals surface area contributed by atoms with E-state index in [1.807, 2.05) is 60.5 Å². The summed E-state index contributed by atoms with van der Waals surface area (Å²) in [6.45, 7) is 1.86. The fraction of sp³-hybridized carbons (Fsp3) is 0.240. The molecule has 0 unspecified atom stereocenters. The van der Waals surface area contributed by atoms with Gasteiger partial charge in [-0.25, -0.2) is 8.42 Å². The van der Waals surface area contributed by atoms with Crippen LogP contribution >= 0.6 is 22.9 Å². The lowest BCUT2D eigenvalue weighted by atomic mass is 10.1. The summed E-state index contributed by atoms with van der Waals surface area (Å²) in [6.07, 6.45) is 6.47. The molecule has 3 aromatic rings. The van der Waals surface area contributed by atoms with Gasteiger partial charge in [0, 0.05) is 34.8 Å². The molecule has 4 rings (SSSR count). The van der Waals surface area contributed by atoms with E-state index in [1.165, 1.54) is 17.6 Å². The number of sulfone groups is 1. The number of carbonyl (C=O) groups is 1. The highest BCUT2D eigenvalue weighted by atomic mass is 35.5. The number of primary amides is 1. The standard InChI is InChI=1S/C25H25ClN2O4S2/c1-16(19-8-3-4-9-20(19)26)32-22-14-23(33-24(22)25(27)29)28-12-6-5-7-18-11-10-17(13-21(18)28)15-34(2,30)31/h3-4,6,8-14,16H,5,7,15H2,1-2H3,(H2,27,29)/t16-/m1/s1. The predicted octanol–water partition coefficient (Wildman–Crippen LogP) is 5.78. The number of carbonyl (C=O) groups excluding carboxylic acids is 1. The number of hydrogen-bond acceptors (Lipinski definition) is 6. The van der Waals surface area contributed by atoms with Gasteiger partial charge >= 0.3 is 0 Å². The Hall–Kier alpha value is -2.81. The number of hydrogen-bond donors (Lipinski definition) is 1. The van der Waals surface area contributed by atoms with E-state index in [4.69, 9.17) is 22.1 Å². The Kier molecular flexibility index (Phi) is 7.02. The van der Waals surface area contributed by atoms with Crippen LogP contribution in [-0.4, -0.2) is 20.6 Å². The SMILES string of the molecule is C[C@@H](Oc1cc(N2C=CCCc3ccc(CS(C)(=O)=O)cc32)sc1C(N)=O)c1ccccc1Cl. The maximum atomic E-state index is 12.3. The summed E-state index contributed by atoms with van der Waals surface area (Å²) in [5, 5.41) is 1.32. The van der Waals surface area contributed by atoms with E-state index in [2.05, 4.69) is 0 Å². The summed E-state index contributed by atoms with van der Waals surface area (Å²) in [5.74, 6) is -0.243. The number of fused-ring (bicyclic) bond motifs is 1. The molecule has 0 spiro atoms. The summed E-state index contributed by atoms with van der Waals surface area (Å²) in [5.41, 5.74) is 9.15. The fourth-order valence-corrected chi connectivity index (χ4v) is 5.94. The van der Waals surface area contributed by atoms with Crippen molar-refractivity contribution in [3.05, 3.63) is 87.4 Å². The Labute approximate surface area is 208 Å². The van der Waals surface area contributed by atoms with Crippen molar-refractivity contribution in [1.82, 2.24) is 0 Å². The molecule has 2 aromatic carbocycles. The van der Waals surface area contributed by atoms with Crippen LogP contribution in [0.3, 0.4) is 0 Å².